The van der Waals surface area contributed by atoms with E-state index in [1.165, 1.54) is 51.4 Å². The number of esters is 1. The Hall–Kier alpha value is -0.790. The molecule has 0 bridgehead atoms. The van der Waals surface area contributed by atoms with Gasteiger partial charge in [0.05, 0.1) is 6.61 Å². The van der Waals surface area contributed by atoms with Crippen molar-refractivity contribution in [3.05, 3.63) is 12.2 Å². The maximum absolute atomic E-state index is 11.4. The van der Waals surface area contributed by atoms with Crippen molar-refractivity contribution >= 4 is 5.97 Å². The van der Waals surface area contributed by atoms with E-state index in [-0.39, 0.29) is 5.97 Å². The molecule has 0 radical (unpaired) electrons. The maximum Gasteiger partial charge on any atom is 0.305 e. The molecule has 0 unspecified atom stereocenters. The number of rotatable bonds is 15. The number of unbranched alkanes of at least 4 members (excludes halogenated alkanes) is 9. The number of carbonyl (C=O) groups is 1. The fraction of sp³-hybridized carbons (Fsp3) is 0.842. The topological polar surface area (TPSA) is 26.3 Å². The summed E-state index contributed by atoms with van der Waals surface area (Å²) in [6, 6.07) is 0. The van der Waals surface area contributed by atoms with Crippen molar-refractivity contribution in [1.82, 2.24) is 0 Å². The van der Waals surface area contributed by atoms with E-state index in [1.54, 1.807) is 0 Å². The number of hydrogen-bond acceptors (Lipinski definition) is 2. The van der Waals surface area contributed by atoms with Gasteiger partial charge in [-0.05, 0) is 32.1 Å². The SMILES string of the molecule is CCCCC=CCCCCCCCC(=O)OCCCCC. The van der Waals surface area contributed by atoms with Crippen LogP contribution in [0.3, 0.4) is 0 Å². The van der Waals surface area contributed by atoms with E-state index in [1.807, 2.05) is 0 Å². The van der Waals surface area contributed by atoms with Crippen molar-refractivity contribution in [1.29, 1.82) is 0 Å². The lowest BCUT2D eigenvalue weighted by Crippen LogP contribution is -2.05. The van der Waals surface area contributed by atoms with Crippen LogP contribution < -0.4 is 0 Å². The van der Waals surface area contributed by atoms with Gasteiger partial charge in [-0.2, -0.15) is 0 Å². The van der Waals surface area contributed by atoms with Gasteiger partial charge in [0.25, 0.3) is 0 Å². The summed E-state index contributed by atoms with van der Waals surface area (Å²) in [5, 5.41) is 0. The molecule has 0 spiro atoms. The molecular weight excluding hydrogens is 260 g/mol. The second kappa shape index (κ2) is 17.3. The van der Waals surface area contributed by atoms with Crippen LogP contribution in [0, 0.1) is 0 Å². The van der Waals surface area contributed by atoms with Crippen molar-refractivity contribution in [2.45, 2.75) is 97.3 Å². The van der Waals surface area contributed by atoms with Gasteiger partial charge in [0, 0.05) is 6.42 Å². The summed E-state index contributed by atoms with van der Waals surface area (Å²) in [5.74, 6) is -0.00930. The molecule has 0 aliphatic heterocycles. The van der Waals surface area contributed by atoms with Crippen molar-refractivity contribution in [2.24, 2.45) is 0 Å². The molecule has 2 heteroatoms. The molecule has 124 valence electrons. The largest absolute Gasteiger partial charge is 0.466 e. The third-order valence-corrected chi connectivity index (χ3v) is 3.65. The van der Waals surface area contributed by atoms with Crippen LogP contribution in [0.15, 0.2) is 12.2 Å². The van der Waals surface area contributed by atoms with Gasteiger partial charge in [-0.1, -0.05) is 70.9 Å². The van der Waals surface area contributed by atoms with Gasteiger partial charge in [0.2, 0.25) is 0 Å². The zero-order valence-corrected chi connectivity index (χ0v) is 14.4. The zero-order valence-electron chi connectivity index (χ0n) is 14.4. The lowest BCUT2D eigenvalue weighted by molar-refractivity contribution is -0.143. The third kappa shape index (κ3) is 17.2. The van der Waals surface area contributed by atoms with E-state index >= 15 is 0 Å². The molecule has 0 amide bonds. The minimum Gasteiger partial charge on any atom is -0.466 e. The molecule has 0 saturated heterocycles. The highest BCUT2D eigenvalue weighted by Gasteiger charge is 2.01. The Kier molecular flexibility index (Phi) is 16.6. The Morgan fingerprint density at radius 3 is 2.10 bits per heavy atom. The number of ether oxygens (including phenoxy) is 1. The lowest BCUT2D eigenvalue weighted by atomic mass is 10.1. The quantitative estimate of drug-likeness (QED) is 0.204. The average molecular weight is 296 g/mol. The molecule has 0 rings (SSSR count). The van der Waals surface area contributed by atoms with Crippen LogP contribution in [0.25, 0.3) is 0 Å². The van der Waals surface area contributed by atoms with Gasteiger partial charge in [0.1, 0.15) is 0 Å². The lowest BCUT2D eigenvalue weighted by Gasteiger charge is -2.04. The Balaban J connectivity index is 3.17. The summed E-state index contributed by atoms with van der Waals surface area (Å²) in [4.78, 5) is 11.4. The van der Waals surface area contributed by atoms with Crippen LogP contribution in [-0.4, -0.2) is 12.6 Å². The van der Waals surface area contributed by atoms with Crippen LogP contribution in [0.5, 0.6) is 0 Å². The fourth-order valence-electron chi connectivity index (χ4n) is 2.23. The summed E-state index contributed by atoms with van der Waals surface area (Å²) in [5.41, 5.74) is 0. The monoisotopic (exact) mass is 296 g/mol. The third-order valence-electron chi connectivity index (χ3n) is 3.65. The minimum absolute atomic E-state index is 0.00930. The molecule has 0 aromatic carbocycles. The molecule has 0 saturated carbocycles. The Morgan fingerprint density at radius 2 is 1.38 bits per heavy atom. The predicted molar refractivity (Wildman–Crippen MR) is 91.5 cm³/mol. The van der Waals surface area contributed by atoms with E-state index in [0.29, 0.717) is 13.0 Å². The Bertz CT molecular complexity index is 246. The zero-order chi connectivity index (χ0) is 15.6. The molecule has 0 atom stereocenters. The highest BCUT2D eigenvalue weighted by atomic mass is 16.5. The maximum atomic E-state index is 11.4. The van der Waals surface area contributed by atoms with E-state index < -0.39 is 0 Å². The standard InChI is InChI=1S/C19H36O2/c1-3-5-7-8-9-10-11-12-13-14-15-17-19(20)21-18-16-6-4-2/h8-9H,3-7,10-18H2,1-2H3. The van der Waals surface area contributed by atoms with Crippen LogP contribution in [0.2, 0.25) is 0 Å². The van der Waals surface area contributed by atoms with Crippen molar-refractivity contribution in [3.8, 4) is 0 Å². The number of carbonyl (C=O) groups excluding carboxylic acids is 1. The highest BCUT2D eigenvalue weighted by Crippen LogP contribution is 2.09. The van der Waals surface area contributed by atoms with Crippen LogP contribution >= 0.6 is 0 Å². The molecule has 0 aromatic heterocycles. The van der Waals surface area contributed by atoms with Crippen molar-refractivity contribution in [3.63, 3.8) is 0 Å². The molecule has 0 heterocycles. The molecule has 2 nitrogen and oxygen atoms in total. The number of hydrogen-bond donors (Lipinski definition) is 0. The van der Waals surface area contributed by atoms with E-state index in [0.717, 1.165) is 25.7 Å². The van der Waals surface area contributed by atoms with Gasteiger partial charge in [-0.3, -0.25) is 4.79 Å². The molecule has 0 N–H and O–H groups in total. The first-order valence-electron chi connectivity index (χ1n) is 9.11. The van der Waals surface area contributed by atoms with Gasteiger partial charge < -0.3 is 4.74 Å². The molecular formula is C19H36O2. The second-order valence-electron chi connectivity index (χ2n) is 5.85. The summed E-state index contributed by atoms with van der Waals surface area (Å²) in [6.07, 6.45) is 19.6. The van der Waals surface area contributed by atoms with Crippen LogP contribution in [0.1, 0.15) is 97.3 Å². The summed E-state index contributed by atoms with van der Waals surface area (Å²) >= 11 is 0. The van der Waals surface area contributed by atoms with E-state index in [4.69, 9.17) is 4.74 Å². The highest BCUT2D eigenvalue weighted by molar-refractivity contribution is 5.69. The summed E-state index contributed by atoms with van der Waals surface area (Å²) in [7, 11) is 0. The van der Waals surface area contributed by atoms with Gasteiger partial charge in [-0.15, -0.1) is 0 Å². The van der Waals surface area contributed by atoms with Crippen LogP contribution in [0.4, 0.5) is 0 Å². The summed E-state index contributed by atoms with van der Waals surface area (Å²) < 4.78 is 5.19. The fourth-order valence-corrected chi connectivity index (χ4v) is 2.23. The Labute approximate surface area is 132 Å². The van der Waals surface area contributed by atoms with Gasteiger partial charge in [-0.25, -0.2) is 0 Å². The molecule has 0 aromatic rings. The second-order valence-corrected chi connectivity index (χ2v) is 5.85. The predicted octanol–water partition coefficient (Wildman–Crippen LogP) is 6.20. The van der Waals surface area contributed by atoms with Gasteiger partial charge in [0.15, 0.2) is 0 Å². The first kappa shape index (κ1) is 20.2. The molecule has 0 fully saturated rings. The first-order valence-corrected chi connectivity index (χ1v) is 9.11. The van der Waals surface area contributed by atoms with E-state index in [9.17, 15) is 4.79 Å². The average Bonchev–Trinajstić information content (AvgIpc) is 2.49. The normalized spacial score (nSPS) is 11.1. The van der Waals surface area contributed by atoms with Crippen molar-refractivity contribution in [2.75, 3.05) is 6.61 Å². The first-order chi connectivity index (χ1) is 10.3. The van der Waals surface area contributed by atoms with Crippen LogP contribution in [-0.2, 0) is 9.53 Å². The molecule has 0 aliphatic rings. The molecule has 0 aliphatic carbocycles. The Morgan fingerprint density at radius 1 is 0.762 bits per heavy atom. The van der Waals surface area contributed by atoms with Crippen molar-refractivity contribution < 1.29 is 9.53 Å². The van der Waals surface area contributed by atoms with E-state index in [2.05, 4.69) is 26.0 Å². The molecule has 21 heavy (non-hydrogen) atoms. The summed E-state index contributed by atoms with van der Waals surface area (Å²) in [6.45, 7) is 4.99. The minimum atomic E-state index is -0.00930. The smallest absolute Gasteiger partial charge is 0.305 e. The number of allylic oxidation sites excluding steroid dienone is 2. The van der Waals surface area contributed by atoms with Gasteiger partial charge >= 0.3 is 5.97 Å².